The Morgan fingerprint density at radius 3 is 2.95 bits per heavy atom. The number of anilines is 1. The second-order valence-electron chi connectivity index (χ2n) is 4.23. The summed E-state index contributed by atoms with van der Waals surface area (Å²) in [6, 6.07) is 9.07. The molecule has 0 aliphatic carbocycles. The summed E-state index contributed by atoms with van der Waals surface area (Å²) in [4.78, 5) is 17.1. The van der Waals surface area contributed by atoms with Crippen molar-refractivity contribution in [2.24, 2.45) is 0 Å². The topological polar surface area (TPSA) is 68.0 Å². The summed E-state index contributed by atoms with van der Waals surface area (Å²) in [6.45, 7) is 1.93. The van der Waals surface area contributed by atoms with Crippen LogP contribution in [0.1, 0.15) is 16.1 Å². The molecule has 1 amide bonds. The van der Waals surface area contributed by atoms with E-state index in [1.54, 1.807) is 18.3 Å². The van der Waals surface area contributed by atoms with E-state index in [0.717, 1.165) is 10.4 Å². The van der Waals surface area contributed by atoms with Crippen molar-refractivity contribution in [3.8, 4) is 10.6 Å². The molecule has 0 aliphatic rings. The molecule has 100 valence electrons. The molecule has 5 nitrogen and oxygen atoms in total. The Bertz CT molecular complexity index is 717. The Labute approximate surface area is 119 Å². The molecule has 6 heteroatoms. The Hall–Kier alpha value is -2.47. The van der Waals surface area contributed by atoms with Crippen molar-refractivity contribution >= 4 is 23.1 Å². The van der Waals surface area contributed by atoms with Crippen LogP contribution in [0.15, 0.2) is 46.4 Å². The van der Waals surface area contributed by atoms with Crippen molar-refractivity contribution in [1.29, 1.82) is 0 Å². The smallest absolute Gasteiger partial charge is 0.279 e. The number of aromatic nitrogens is 2. The van der Waals surface area contributed by atoms with Crippen LogP contribution in [0.25, 0.3) is 10.6 Å². The van der Waals surface area contributed by atoms with Crippen LogP contribution < -0.4 is 5.32 Å². The monoisotopic (exact) mass is 285 g/mol. The zero-order valence-electron chi connectivity index (χ0n) is 10.7. The highest BCUT2D eigenvalue weighted by molar-refractivity contribution is 7.13. The second kappa shape index (κ2) is 5.26. The Balaban J connectivity index is 1.76. The van der Waals surface area contributed by atoms with Gasteiger partial charge in [0.1, 0.15) is 5.82 Å². The summed E-state index contributed by atoms with van der Waals surface area (Å²) in [5.41, 5.74) is 1.26. The van der Waals surface area contributed by atoms with E-state index in [-0.39, 0.29) is 11.6 Å². The number of carbonyl (C=O) groups is 1. The van der Waals surface area contributed by atoms with Gasteiger partial charge >= 0.3 is 0 Å². The van der Waals surface area contributed by atoms with Crippen LogP contribution in [0, 0.1) is 6.92 Å². The van der Waals surface area contributed by atoms with Crippen molar-refractivity contribution in [2.45, 2.75) is 6.92 Å². The van der Waals surface area contributed by atoms with Gasteiger partial charge in [0.05, 0.1) is 4.88 Å². The molecule has 3 aromatic rings. The van der Waals surface area contributed by atoms with Gasteiger partial charge in [0, 0.05) is 12.3 Å². The van der Waals surface area contributed by atoms with Crippen LogP contribution in [0.2, 0.25) is 0 Å². The molecule has 0 atom stereocenters. The Morgan fingerprint density at radius 1 is 1.35 bits per heavy atom. The van der Waals surface area contributed by atoms with E-state index >= 15 is 0 Å². The molecule has 0 spiro atoms. The lowest BCUT2D eigenvalue weighted by Gasteiger charge is -2.01. The van der Waals surface area contributed by atoms with Crippen LogP contribution in [0.5, 0.6) is 0 Å². The summed E-state index contributed by atoms with van der Waals surface area (Å²) in [7, 11) is 0. The predicted molar refractivity (Wildman–Crippen MR) is 76.7 cm³/mol. The molecule has 3 rings (SSSR count). The van der Waals surface area contributed by atoms with E-state index in [4.69, 9.17) is 4.52 Å². The standard InChI is InChI=1S/C14H11N3O2S/c1-9-4-5-13(15-8-9)16-14(18)10-7-11(19-17-10)12-3-2-6-20-12/h2-8H,1H3,(H,15,16,18). The van der Waals surface area contributed by atoms with Crippen LogP contribution >= 0.6 is 11.3 Å². The summed E-state index contributed by atoms with van der Waals surface area (Å²) < 4.78 is 5.17. The Kier molecular flexibility index (Phi) is 3.30. The zero-order valence-corrected chi connectivity index (χ0v) is 11.5. The van der Waals surface area contributed by atoms with Crippen molar-refractivity contribution in [3.05, 3.63) is 53.2 Å². The quantitative estimate of drug-likeness (QED) is 0.801. The average Bonchev–Trinajstić information content (AvgIpc) is 3.11. The number of pyridine rings is 1. The number of carbonyl (C=O) groups excluding carboxylic acids is 1. The molecule has 0 radical (unpaired) electrons. The van der Waals surface area contributed by atoms with Gasteiger partial charge in [-0.2, -0.15) is 0 Å². The van der Waals surface area contributed by atoms with Gasteiger partial charge in [0.25, 0.3) is 5.91 Å². The number of amides is 1. The van der Waals surface area contributed by atoms with Crippen molar-refractivity contribution < 1.29 is 9.32 Å². The predicted octanol–water partition coefficient (Wildman–Crippen LogP) is 3.36. The van der Waals surface area contributed by atoms with Crippen LogP contribution in [0.3, 0.4) is 0 Å². The number of hydrogen-bond acceptors (Lipinski definition) is 5. The van der Waals surface area contributed by atoms with E-state index in [0.29, 0.717) is 11.6 Å². The highest BCUT2D eigenvalue weighted by atomic mass is 32.1. The maximum Gasteiger partial charge on any atom is 0.279 e. The van der Waals surface area contributed by atoms with Gasteiger partial charge in [-0.25, -0.2) is 4.98 Å². The van der Waals surface area contributed by atoms with Gasteiger partial charge in [-0.3, -0.25) is 4.79 Å². The van der Waals surface area contributed by atoms with E-state index in [9.17, 15) is 4.79 Å². The third-order valence-corrected chi connectivity index (χ3v) is 3.54. The highest BCUT2D eigenvalue weighted by Crippen LogP contribution is 2.25. The van der Waals surface area contributed by atoms with Gasteiger partial charge in [-0.1, -0.05) is 17.3 Å². The van der Waals surface area contributed by atoms with E-state index < -0.39 is 0 Å². The van der Waals surface area contributed by atoms with Gasteiger partial charge in [0.15, 0.2) is 11.5 Å². The molecule has 0 saturated carbocycles. The number of nitrogens with one attached hydrogen (secondary N) is 1. The minimum absolute atomic E-state index is 0.232. The maximum absolute atomic E-state index is 12.0. The molecule has 20 heavy (non-hydrogen) atoms. The van der Waals surface area contributed by atoms with E-state index in [1.165, 1.54) is 11.3 Å². The van der Waals surface area contributed by atoms with E-state index in [1.807, 2.05) is 30.5 Å². The fraction of sp³-hybridized carbons (Fsp3) is 0.0714. The lowest BCUT2D eigenvalue weighted by molar-refractivity contribution is 0.101. The van der Waals surface area contributed by atoms with Gasteiger partial charge in [-0.05, 0) is 30.0 Å². The van der Waals surface area contributed by atoms with Gasteiger partial charge in [0.2, 0.25) is 0 Å². The first kappa shape index (κ1) is 12.6. The number of hydrogen-bond donors (Lipinski definition) is 1. The van der Waals surface area contributed by atoms with Crippen molar-refractivity contribution in [2.75, 3.05) is 5.32 Å². The first-order valence-electron chi connectivity index (χ1n) is 5.97. The first-order chi connectivity index (χ1) is 9.72. The lowest BCUT2D eigenvalue weighted by atomic mass is 10.3. The molecule has 0 aliphatic heterocycles. The fourth-order valence-corrected chi connectivity index (χ4v) is 2.31. The molecule has 0 saturated heterocycles. The summed E-state index contributed by atoms with van der Waals surface area (Å²) in [6.07, 6.45) is 1.69. The normalized spacial score (nSPS) is 10.4. The third kappa shape index (κ3) is 2.60. The molecule has 0 bridgehead atoms. The van der Waals surface area contributed by atoms with Crippen molar-refractivity contribution in [3.63, 3.8) is 0 Å². The van der Waals surface area contributed by atoms with Gasteiger partial charge in [-0.15, -0.1) is 11.3 Å². The molecule has 3 heterocycles. The summed E-state index contributed by atoms with van der Waals surface area (Å²) >= 11 is 1.53. The van der Waals surface area contributed by atoms with Crippen LogP contribution in [-0.4, -0.2) is 16.0 Å². The summed E-state index contributed by atoms with van der Waals surface area (Å²) in [5.74, 6) is 0.733. The van der Waals surface area contributed by atoms with Crippen molar-refractivity contribution in [1.82, 2.24) is 10.1 Å². The largest absolute Gasteiger partial charge is 0.355 e. The molecule has 1 N–H and O–H groups in total. The Morgan fingerprint density at radius 2 is 2.25 bits per heavy atom. The van der Waals surface area contributed by atoms with Crippen LogP contribution in [0.4, 0.5) is 5.82 Å². The maximum atomic E-state index is 12.0. The number of thiophene rings is 1. The molecule has 0 fully saturated rings. The second-order valence-corrected chi connectivity index (χ2v) is 5.18. The SMILES string of the molecule is Cc1ccc(NC(=O)c2cc(-c3cccs3)on2)nc1. The lowest BCUT2D eigenvalue weighted by Crippen LogP contribution is -2.13. The third-order valence-electron chi connectivity index (χ3n) is 2.66. The number of aryl methyl sites for hydroxylation is 1. The van der Waals surface area contributed by atoms with Crippen LogP contribution in [-0.2, 0) is 0 Å². The molecule has 0 aromatic carbocycles. The molecule has 3 aromatic heterocycles. The summed E-state index contributed by atoms with van der Waals surface area (Å²) in [5, 5.41) is 8.39. The average molecular weight is 285 g/mol. The highest BCUT2D eigenvalue weighted by Gasteiger charge is 2.14. The number of nitrogens with zero attached hydrogens (tertiary/aromatic N) is 2. The molecule has 0 unspecified atom stereocenters. The number of rotatable bonds is 3. The van der Waals surface area contributed by atoms with E-state index in [2.05, 4.69) is 15.5 Å². The molecular weight excluding hydrogens is 274 g/mol. The van der Waals surface area contributed by atoms with Gasteiger partial charge < -0.3 is 9.84 Å². The molecular formula is C14H11N3O2S. The minimum Gasteiger partial charge on any atom is -0.355 e. The zero-order chi connectivity index (χ0) is 13.9. The first-order valence-corrected chi connectivity index (χ1v) is 6.85. The fourth-order valence-electron chi connectivity index (χ4n) is 1.64. The minimum atomic E-state index is -0.340.